The third-order valence-corrected chi connectivity index (χ3v) is 5.81. The number of benzene rings is 2. The van der Waals surface area contributed by atoms with Crippen LogP contribution in [0.5, 0.6) is 11.5 Å². The van der Waals surface area contributed by atoms with Gasteiger partial charge in [-0.15, -0.1) is 0 Å². The van der Waals surface area contributed by atoms with Crippen molar-refractivity contribution in [2.75, 3.05) is 39.3 Å². The zero-order chi connectivity index (χ0) is 23.0. The minimum atomic E-state index is 0.305. The molecule has 8 nitrogen and oxygen atoms in total. The maximum atomic E-state index is 5.42. The summed E-state index contributed by atoms with van der Waals surface area (Å²) in [6.45, 7) is 3.31. The number of hydrogen-bond acceptors (Lipinski definition) is 5. The van der Waals surface area contributed by atoms with E-state index in [1.54, 1.807) is 20.4 Å². The second-order valence-corrected chi connectivity index (χ2v) is 8.10. The lowest BCUT2D eigenvalue weighted by Gasteiger charge is -2.21. The maximum absolute atomic E-state index is 5.42. The summed E-state index contributed by atoms with van der Waals surface area (Å²) in [5, 5.41) is 11.3. The molecule has 33 heavy (non-hydrogen) atoms. The van der Waals surface area contributed by atoms with E-state index >= 15 is 0 Å². The number of rotatable bonds is 8. The van der Waals surface area contributed by atoms with Crippen molar-refractivity contribution in [1.82, 2.24) is 20.4 Å². The zero-order valence-electron chi connectivity index (χ0n) is 19.5. The normalized spacial score (nSPS) is 16.0. The summed E-state index contributed by atoms with van der Waals surface area (Å²) >= 11 is 0. The Balaban J connectivity index is 1.31. The van der Waals surface area contributed by atoms with Crippen LogP contribution in [0.3, 0.4) is 0 Å². The van der Waals surface area contributed by atoms with E-state index in [1.807, 2.05) is 42.2 Å². The molecule has 1 aromatic heterocycles. The van der Waals surface area contributed by atoms with Crippen molar-refractivity contribution in [1.29, 1.82) is 0 Å². The van der Waals surface area contributed by atoms with E-state index in [9.17, 15) is 0 Å². The van der Waals surface area contributed by atoms with Gasteiger partial charge in [0.15, 0.2) is 5.96 Å². The lowest BCUT2D eigenvalue weighted by atomic mass is 10.1. The SMILES string of the molecule is CN=C(NCc1cccc(Cn2cccn2)c1)NC1CCN(c2cc(OC)cc(OC)c2)C1. The minimum Gasteiger partial charge on any atom is -0.497 e. The number of guanidine groups is 1. The molecule has 0 aliphatic carbocycles. The Kier molecular flexibility index (Phi) is 7.34. The predicted octanol–water partition coefficient (Wildman–Crippen LogP) is 2.89. The number of methoxy groups -OCH3 is 2. The molecule has 1 fully saturated rings. The van der Waals surface area contributed by atoms with Gasteiger partial charge in [0.2, 0.25) is 0 Å². The van der Waals surface area contributed by atoms with Crippen molar-refractivity contribution >= 4 is 11.6 Å². The zero-order valence-corrected chi connectivity index (χ0v) is 19.5. The van der Waals surface area contributed by atoms with Crippen LogP contribution in [0.2, 0.25) is 0 Å². The molecule has 0 spiro atoms. The number of ether oxygens (including phenoxy) is 2. The Morgan fingerprint density at radius 1 is 1.09 bits per heavy atom. The molecule has 1 aliphatic rings. The van der Waals surface area contributed by atoms with E-state index in [1.165, 1.54) is 11.1 Å². The van der Waals surface area contributed by atoms with E-state index in [-0.39, 0.29) is 0 Å². The van der Waals surface area contributed by atoms with Crippen molar-refractivity contribution in [2.24, 2.45) is 4.99 Å². The van der Waals surface area contributed by atoms with Crippen LogP contribution in [-0.2, 0) is 13.1 Å². The monoisotopic (exact) mass is 448 g/mol. The average molecular weight is 449 g/mol. The standard InChI is InChI=1S/C25H32N6O2/c1-26-25(27-16-19-6-4-7-20(12-19)17-31-10-5-9-28-31)29-21-8-11-30(18-21)22-13-23(32-2)15-24(14-22)33-3/h4-7,9-10,12-15,21H,8,11,16-18H2,1-3H3,(H2,26,27,29). The van der Waals surface area contributed by atoms with Crippen molar-refractivity contribution in [3.8, 4) is 11.5 Å². The number of anilines is 1. The van der Waals surface area contributed by atoms with Gasteiger partial charge in [0.05, 0.1) is 20.8 Å². The molecule has 0 radical (unpaired) electrons. The van der Waals surface area contributed by atoms with Gasteiger partial charge in [-0.2, -0.15) is 5.10 Å². The molecule has 2 N–H and O–H groups in total. The molecular formula is C25H32N6O2. The Hall–Kier alpha value is -3.68. The van der Waals surface area contributed by atoms with Crippen LogP contribution in [0, 0.1) is 0 Å². The molecule has 1 saturated heterocycles. The Morgan fingerprint density at radius 3 is 2.58 bits per heavy atom. The van der Waals surface area contributed by atoms with Gasteiger partial charge < -0.3 is 25.0 Å². The molecule has 0 bridgehead atoms. The number of nitrogens with one attached hydrogen (secondary N) is 2. The van der Waals surface area contributed by atoms with Gasteiger partial charge in [-0.1, -0.05) is 24.3 Å². The highest BCUT2D eigenvalue weighted by Crippen LogP contribution is 2.30. The molecule has 0 amide bonds. The van der Waals surface area contributed by atoms with E-state index in [4.69, 9.17) is 9.47 Å². The largest absolute Gasteiger partial charge is 0.497 e. The smallest absolute Gasteiger partial charge is 0.191 e. The summed E-state index contributed by atoms with van der Waals surface area (Å²) in [6.07, 6.45) is 4.80. The van der Waals surface area contributed by atoms with E-state index < -0.39 is 0 Å². The number of hydrogen-bond donors (Lipinski definition) is 2. The summed E-state index contributed by atoms with van der Waals surface area (Å²) in [4.78, 5) is 6.77. The second-order valence-electron chi connectivity index (χ2n) is 8.10. The van der Waals surface area contributed by atoms with E-state index in [2.05, 4.69) is 49.9 Å². The highest BCUT2D eigenvalue weighted by Gasteiger charge is 2.24. The molecule has 3 aromatic rings. The summed E-state index contributed by atoms with van der Waals surface area (Å²) in [5.74, 6) is 2.41. The Morgan fingerprint density at radius 2 is 1.88 bits per heavy atom. The van der Waals surface area contributed by atoms with E-state index in [0.29, 0.717) is 12.6 Å². The number of nitrogens with zero attached hydrogens (tertiary/aromatic N) is 4. The lowest BCUT2D eigenvalue weighted by Crippen LogP contribution is -2.44. The molecule has 2 aromatic carbocycles. The molecular weight excluding hydrogens is 416 g/mol. The summed E-state index contributed by atoms with van der Waals surface area (Å²) in [6, 6.07) is 16.8. The fourth-order valence-corrected chi connectivity index (χ4v) is 4.08. The first-order chi connectivity index (χ1) is 16.2. The second kappa shape index (κ2) is 10.8. The van der Waals surface area contributed by atoms with Crippen LogP contribution in [0.1, 0.15) is 17.5 Å². The summed E-state index contributed by atoms with van der Waals surface area (Å²) < 4.78 is 12.8. The summed E-state index contributed by atoms with van der Waals surface area (Å²) in [7, 11) is 5.16. The third-order valence-electron chi connectivity index (χ3n) is 5.81. The first-order valence-electron chi connectivity index (χ1n) is 11.2. The Labute approximate surface area is 195 Å². The van der Waals surface area contributed by atoms with Crippen LogP contribution in [-0.4, -0.2) is 56.1 Å². The van der Waals surface area contributed by atoms with Crippen molar-refractivity contribution < 1.29 is 9.47 Å². The summed E-state index contributed by atoms with van der Waals surface area (Å²) in [5.41, 5.74) is 3.53. The molecule has 174 valence electrons. The minimum absolute atomic E-state index is 0.305. The molecule has 1 unspecified atom stereocenters. The van der Waals surface area contributed by atoms with Gasteiger partial charge in [0.25, 0.3) is 0 Å². The molecule has 1 atom stereocenters. The number of aliphatic imine (C=N–C) groups is 1. The molecule has 4 rings (SSSR count). The number of aromatic nitrogens is 2. The molecule has 2 heterocycles. The van der Waals surface area contributed by atoms with Crippen LogP contribution in [0.4, 0.5) is 5.69 Å². The van der Waals surface area contributed by atoms with Crippen molar-refractivity contribution in [3.63, 3.8) is 0 Å². The van der Waals surface area contributed by atoms with Gasteiger partial charge in [-0.05, 0) is 23.6 Å². The first kappa shape index (κ1) is 22.5. The van der Waals surface area contributed by atoms with Gasteiger partial charge >= 0.3 is 0 Å². The highest BCUT2D eigenvalue weighted by atomic mass is 16.5. The molecule has 1 aliphatic heterocycles. The highest BCUT2D eigenvalue weighted by molar-refractivity contribution is 5.80. The Bertz CT molecular complexity index is 1040. The van der Waals surface area contributed by atoms with Crippen LogP contribution < -0.4 is 25.0 Å². The van der Waals surface area contributed by atoms with Gasteiger partial charge in [0.1, 0.15) is 11.5 Å². The van der Waals surface area contributed by atoms with Crippen molar-refractivity contribution in [3.05, 3.63) is 72.1 Å². The van der Waals surface area contributed by atoms with Crippen LogP contribution >= 0.6 is 0 Å². The van der Waals surface area contributed by atoms with Crippen LogP contribution in [0.25, 0.3) is 0 Å². The topological polar surface area (TPSA) is 75.9 Å². The first-order valence-corrected chi connectivity index (χ1v) is 11.2. The molecule has 8 heteroatoms. The predicted molar refractivity (Wildman–Crippen MR) is 131 cm³/mol. The van der Waals surface area contributed by atoms with E-state index in [0.717, 1.165) is 49.2 Å². The van der Waals surface area contributed by atoms with Gasteiger partial charge in [-0.3, -0.25) is 9.67 Å². The maximum Gasteiger partial charge on any atom is 0.191 e. The fraction of sp³-hybridized carbons (Fsp3) is 0.360. The van der Waals surface area contributed by atoms with Crippen LogP contribution in [0.15, 0.2) is 65.9 Å². The molecule has 0 saturated carbocycles. The van der Waals surface area contributed by atoms with Gasteiger partial charge in [0, 0.05) is 69.0 Å². The fourth-order valence-electron chi connectivity index (χ4n) is 4.08. The third kappa shape index (κ3) is 5.97. The average Bonchev–Trinajstić information content (AvgIpc) is 3.54. The van der Waals surface area contributed by atoms with Crippen molar-refractivity contribution in [2.45, 2.75) is 25.6 Å². The lowest BCUT2D eigenvalue weighted by molar-refractivity contribution is 0.394. The van der Waals surface area contributed by atoms with Gasteiger partial charge in [-0.25, -0.2) is 0 Å². The quantitative estimate of drug-likeness (QED) is 0.408.